The van der Waals surface area contributed by atoms with Crippen molar-refractivity contribution in [2.75, 3.05) is 38.4 Å². The summed E-state index contributed by atoms with van der Waals surface area (Å²) in [5.74, 6) is -0.538. The molecule has 11 nitrogen and oxygen atoms in total. The van der Waals surface area contributed by atoms with E-state index in [4.69, 9.17) is 23.7 Å². The second kappa shape index (κ2) is 13.0. The number of aliphatic hydroxyl groups excluding tert-OH is 1. The maximum absolute atomic E-state index is 13.7. The summed E-state index contributed by atoms with van der Waals surface area (Å²) in [5, 5.41) is 11.7. The topological polar surface area (TPSA) is 134 Å². The Bertz CT molecular complexity index is 1630. The number of hydrogen-bond acceptors (Lipinski definition) is 11. The number of carbonyl (C=O) groups is 3. The third-order valence-electron chi connectivity index (χ3n) is 7.16. The Morgan fingerprint density at radius 2 is 1.84 bits per heavy atom. The Hall–Kier alpha value is -4.58. The number of fused-ring (bicyclic) bond motifs is 1. The molecule has 1 unspecified atom stereocenters. The number of esters is 1. The van der Waals surface area contributed by atoms with Gasteiger partial charge >= 0.3 is 11.9 Å². The lowest BCUT2D eigenvalue weighted by Gasteiger charge is -2.24. The Morgan fingerprint density at radius 3 is 2.55 bits per heavy atom. The average molecular weight is 623 g/mol. The van der Waals surface area contributed by atoms with Crippen molar-refractivity contribution in [3.05, 3.63) is 63.7 Å². The Kier molecular flexibility index (Phi) is 9.09. The smallest absolute Gasteiger partial charge is 0.350 e. The lowest BCUT2D eigenvalue weighted by atomic mass is 9.95. The van der Waals surface area contributed by atoms with Gasteiger partial charge in [-0.15, -0.1) is 0 Å². The van der Waals surface area contributed by atoms with Crippen molar-refractivity contribution < 1.29 is 43.2 Å². The van der Waals surface area contributed by atoms with Gasteiger partial charge in [-0.3, -0.25) is 14.5 Å². The van der Waals surface area contributed by atoms with E-state index < -0.39 is 29.5 Å². The van der Waals surface area contributed by atoms with E-state index in [1.165, 1.54) is 12.0 Å². The number of aliphatic hydroxyl groups is 1. The summed E-state index contributed by atoms with van der Waals surface area (Å²) in [6, 6.07) is 8.81. The number of carbonyl (C=O) groups excluding carboxylic acids is 3. The van der Waals surface area contributed by atoms with Crippen molar-refractivity contribution in [1.82, 2.24) is 4.98 Å². The van der Waals surface area contributed by atoms with Gasteiger partial charge in [0.1, 0.15) is 23.9 Å². The molecule has 3 aromatic rings. The number of hydrogen-bond donors (Lipinski definition) is 1. The van der Waals surface area contributed by atoms with Crippen LogP contribution in [0.1, 0.15) is 59.7 Å². The van der Waals surface area contributed by atoms with Crippen molar-refractivity contribution in [2.45, 2.75) is 40.2 Å². The number of aryl methyl sites for hydroxylation is 1. The maximum Gasteiger partial charge on any atom is 0.350 e. The van der Waals surface area contributed by atoms with Crippen LogP contribution in [0.25, 0.3) is 5.76 Å². The number of rotatable bonds is 10. The highest BCUT2D eigenvalue weighted by Gasteiger charge is 2.48. The van der Waals surface area contributed by atoms with Gasteiger partial charge in [-0.25, -0.2) is 9.78 Å². The maximum atomic E-state index is 13.7. The Labute approximate surface area is 259 Å². The zero-order valence-electron chi connectivity index (χ0n) is 25.2. The first-order chi connectivity index (χ1) is 21.1. The Morgan fingerprint density at radius 1 is 1.09 bits per heavy atom. The summed E-state index contributed by atoms with van der Waals surface area (Å²) in [4.78, 5) is 45.6. The summed E-state index contributed by atoms with van der Waals surface area (Å²) in [5.41, 5.74) is 0.917. The predicted molar refractivity (Wildman–Crippen MR) is 163 cm³/mol. The average Bonchev–Trinajstić information content (AvgIpc) is 3.52. The van der Waals surface area contributed by atoms with Gasteiger partial charge in [-0.1, -0.05) is 31.3 Å². The number of ether oxygens (including phenoxy) is 5. The van der Waals surface area contributed by atoms with Gasteiger partial charge in [-0.05, 0) is 62.1 Å². The number of amides is 1. The number of nitrogens with zero attached hydrogens (tertiary/aromatic N) is 2. The summed E-state index contributed by atoms with van der Waals surface area (Å²) >= 11 is 0.924. The van der Waals surface area contributed by atoms with Gasteiger partial charge in [0.25, 0.3) is 5.78 Å². The first-order valence-electron chi connectivity index (χ1n) is 14.3. The molecule has 0 radical (unpaired) electrons. The van der Waals surface area contributed by atoms with Gasteiger partial charge in [-0.2, -0.15) is 0 Å². The lowest BCUT2D eigenvalue weighted by Crippen LogP contribution is -2.29. The molecule has 1 fully saturated rings. The molecule has 44 heavy (non-hydrogen) atoms. The van der Waals surface area contributed by atoms with Crippen LogP contribution in [-0.4, -0.2) is 61.3 Å². The molecule has 2 aliphatic heterocycles. The van der Waals surface area contributed by atoms with Crippen LogP contribution in [0.2, 0.25) is 0 Å². The van der Waals surface area contributed by atoms with E-state index >= 15 is 0 Å². The third-order valence-corrected chi connectivity index (χ3v) is 8.30. The van der Waals surface area contributed by atoms with Crippen LogP contribution in [0.5, 0.6) is 23.0 Å². The summed E-state index contributed by atoms with van der Waals surface area (Å²) in [6.07, 6.45) is 0.842. The second-order valence-corrected chi connectivity index (χ2v) is 11.6. The number of ketones is 1. The van der Waals surface area contributed by atoms with Crippen LogP contribution < -0.4 is 23.8 Å². The highest BCUT2D eigenvalue weighted by Crippen LogP contribution is 2.46. The molecule has 0 spiro atoms. The highest BCUT2D eigenvalue weighted by atomic mass is 32.1. The third kappa shape index (κ3) is 5.94. The molecule has 12 heteroatoms. The molecule has 0 saturated carbocycles. The Balaban J connectivity index is 1.66. The van der Waals surface area contributed by atoms with Crippen molar-refractivity contribution in [3.63, 3.8) is 0 Å². The first kappa shape index (κ1) is 30.9. The molecule has 232 valence electrons. The molecule has 1 N–H and O–H groups in total. The monoisotopic (exact) mass is 622 g/mol. The molecule has 1 atom stereocenters. The van der Waals surface area contributed by atoms with Crippen LogP contribution in [-0.2, 0) is 14.3 Å². The van der Waals surface area contributed by atoms with Gasteiger partial charge in [0.15, 0.2) is 28.1 Å². The lowest BCUT2D eigenvalue weighted by molar-refractivity contribution is -0.132. The number of methoxy groups -OCH3 is 1. The molecule has 1 amide bonds. The summed E-state index contributed by atoms with van der Waals surface area (Å²) < 4.78 is 28.1. The minimum absolute atomic E-state index is 0.103. The summed E-state index contributed by atoms with van der Waals surface area (Å²) in [7, 11) is 1.25. The number of Topliss-reactive ketones (excluding diaryl/α,β-unsaturated/α-hetero) is 1. The molecule has 5 rings (SSSR count). The van der Waals surface area contributed by atoms with Crippen molar-refractivity contribution >= 4 is 39.9 Å². The second-order valence-electron chi connectivity index (χ2n) is 10.6. The van der Waals surface area contributed by atoms with Crippen molar-refractivity contribution in [3.8, 4) is 23.0 Å². The molecular weight excluding hydrogens is 588 g/mol. The van der Waals surface area contributed by atoms with Gasteiger partial charge in [0.2, 0.25) is 0 Å². The molecular formula is C32H34N2O9S. The van der Waals surface area contributed by atoms with E-state index in [-0.39, 0.29) is 21.1 Å². The summed E-state index contributed by atoms with van der Waals surface area (Å²) in [6.45, 7) is 9.21. The normalized spacial score (nSPS) is 17.2. The first-order valence-corrected chi connectivity index (χ1v) is 15.1. The van der Waals surface area contributed by atoms with Crippen LogP contribution in [0, 0.1) is 12.8 Å². The zero-order chi connectivity index (χ0) is 31.5. The molecule has 3 heterocycles. The quantitative estimate of drug-likeness (QED) is 0.134. The van der Waals surface area contributed by atoms with Crippen molar-refractivity contribution in [2.24, 2.45) is 5.92 Å². The van der Waals surface area contributed by atoms with E-state index in [0.717, 1.165) is 17.8 Å². The number of aromatic nitrogens is 1. The van der Waals surface area contributed by atoms with E-state index in [2.05, 4.69) is 18.8 Å². The van der Waals surface area contributed by atoms with Crippen LogP contribution in [0.15, 0.2) is 42.0 Å². The molecule has 0 bridgehead atoms. The van der Waals surface area contributed by atoms with E-state index in [1.807, 2.05) is 6.92 Å². The number of benzene rings is 2. The highest BCUT2D eigenvalue weighted by molar-refractivity contribution is 7.17. The molecule has 1 saturated heterocycles. The van der Waals surface area contributed by atoms with E-state index in [0.29, 0.717) is 66.6 Å². The minimum Gasteiger partial charge on any atom is -0.507 e. The van der Waals surface area contributed by atoms with Gasteiger partial charge < -0.3 is 28.8 Å². The van der Waals surface area contributed by atoms with E-state index in [9.17, 15) is 19.5 Å². The fourth-order valence-electron chi connectivity index (χ4n) is 4.95. The largest absolute Gasteiger partial charge is 0.507 e. The fraction of sp³-hybridized carbons (Fsp3) is 0.375. The van der Waals surface area contributed by atoms with Crippen LogP contribution in [0.4, 0.5) is 5.13 Å². The van der Waals surface area contributed by atoms with Crippen LogP contribution >= 0.6 is 11.3 Å². The SMILES string of the molecule is CCOc1cc(C2/C(=C(\O)c3ccc4c(c3)OCCO4)C(=O)C(=O)N2c2nc(C)c(C(=O)OC)s2)ccc1OCCC(C)C. The van der Waals surface area contributed by atoms with Crippen molar-refractivity contribution in [1.29, 1.82) is 0 Å². The van der Waals surface area contributed by atoms with Gasteiger partial charge in [0.05, 0.1) is 37.6 Å². The number of anilines is 1. The predicted octanol–water partition coefficient (Wildman–Crippen LogP) is 5.46. The van der Waals surface area contributed by atoms with Crippen LogP contribution in [0.3, 0.4) is 0 Å². The molecule has 2 aromatic carbocycles. The molecule has 2 aliphatic rings. The van der Waals surface area contributed by atoms with E-state index in [1.54, 1.807) is 43.3 Å². The van der Waals surface area contributed by atoms with Gasteiger partial charge in [0, 0.05) is 5.56 Å². The zero-order valence-corrected chi connectivity index (χ0v) is 26.0. The molecule has 1 aromatic heterocycles. The standard InChI is InChI=1S/C32H34N2O9S/c1-6-40-23-15-19(7-9-21(23)41-12-11-17(2)3)26-25(27(35)20-8-10-22-24(16-20)43-14-13-42-22)28(36)30(37)34(26)32-33-18(4)29(44-32)31(38)39-5/h7-10,15-17,26,35H,6,11-14H2,1-5H3/b27-25+. The molecule has 0 aliphatic carbocycles. The number of thiazole rings is 1. The minimum atomic E-state index is -1.11. The fourth-order valence-corrected chi connectivity index (χ4v) is 5.96.